The van der Waals surface area contributed by atoms with Crippen molar-refractivity contribution in [1.82, 2.24) is 18.6 Å². The lowest BCUT2D eigenvalue weighted by Gasteiger charge is -2.26. The lowest BCUT2D eigenvalue weighted by atomic mass is 10.2. The lowest BCUT2D eigenvalue weighted by molar-refractivity contribution is 0.373. The van der Waals surface area contributed by atoms with Gasteiger partial charge in [0.15, 0.2) is 5.82 Å². The van der Waals surface area contributed by atoms with Crippen molar-refractivity contribution in [2.75, 3.05) is 44.2 Å². The van der Waals surface area contributed by atoms with Crippen LogP contribution in [0.25, 0.3) is 11.4 Å². The van der Waals surface area contributed by atoms with Gasteiger partial charge in [-0.25, -0.2) is 9.97 Å². The quantitative estimate of drug-likeness (QED) is 0.819. The molecule has 156 valence electrons. The first-order valence-electron chi connectivity index (χ1n) is 10.1. The molecule has 0 unspecified atom stereocenters. The van der Waals surface area contributed by atoms with Crippen LogP contribution in [0.3, 0.4) is 0 Å². The van der Waals surface area contributed by atoms with E-state index in [1.807, 2.05) is 19.1 Å². The highest BCUT2D eigenvalue weighted by molar-refractivity contribution is 7.86. The van der Waals surface area contributed by atoms with Crippen molar-refractivity contribution in [3.63, 3.8) is 0 Å². The number of phenolic OH excluding ortho intramolecular Hbond substituents is 1. The number of benzene rings is 1. The maximum Gasteiger partial charge on any atom is 0.282 e. The Balaban J connectivity index is 1.55. The predicted octanol–water partition coefficient (Wildman–Crippen LogP) is 2.01. The molecule has 29 heavy (non-hydrogen) atoms. The lowest BCUT2D eigenvalue weighted by Crippen LogP contribution is -2.44. The van der Waals surface area contributed by atoms with Gasteiger partial charge in [-0.1, -0.05) is 12.1 Å². The SMILES string of the molecule is Cc1cc(N2CCCN(S(=O)(=O)N3CCCC3)CC2)nc(-c2ccccc2O)n1. The van der Waals surface area contributed by atoms with Crippen molar-refractivity contribution in [2.24, 2.45) is 0 Å². The number of aromatic nitrogens is 2. The van der Waals surface area contributed by atoms with E-state index in [-0.39, 0.29) is 5.75 Å². The highest BCUT2D eigenvalue weighted by Gasteiger charge is 2.33. The Labute approximate surface area is 172 Å². The smallest absolute Gasteiger partial charge is 0.282 e. The Bertz CT molecular complexity index is 976. The van der Waals surface area contributed by atoms with E-state index in [0.29, 0.717) is 44.1 Å². The standard InChI is InChI=1S/C20H27N5O3S/c1-16-15-19(22-20(21-16)17-7-2-3-8-18(17)26)23-9-6-12-25(14-13-23)29(27,28)24-10-4-5-11-24/h2-3,7-8,15,26H,4-6,9-14H2,1H3. The molecule has 2 saturated heterocycles. The minimum atomic E-state index is -3.38. The number of nitrogens with zero attached hydrogens (tertiary/aromatic N) is 5. The van der Waals surface area contributed by atoms with E-state index in [9.17, 15) is 13.5 Å². The Morgan fingerprint density at radius 2 is 1.59 bits per heavy atom. The second-order valence-corrected chi connectivity index (χ2v) is 9.49. The maximum atomic E-state index is 12.9. The van der Waals surface area contributed by atoms with Gasteiger partial charge in [-0.3, -0.25) is 0 Å². The van der Waals surface area contributed by atoms with Crippen LogP contribution in [0, 0.1) is 6.92 Å². The minimum Gasteiger partial charge on any atom is -0.507 e. The number of phenols is 1. The normalized spacial score (nSPS) is 19.4. The largest absolute Gasteiger partial charge is 0.507 e. The summed E-state index contributed by atoms with van der Waals surface area (Å²) in [5.41, 5.74) is 1.39. The van der Waals surface area contributed by atoms with E-state index in [2.05, 4.69) is 14.9 Å². The molecule has 2 aliphatic heterocycles. The summed E-state index contributed by atoms with van der Waals surface area (Å²) in [4.78, 5) is 11.3. The molecule has 0 spiro atoms. The number of hydrogen-bond donors (Lipinski definition) is 1. The van der Waals surface area contributed by atoms with E-state index in [1.165, 1.54) is 0 Å². The number of hydrogen-bond acceptors (Lipinski definition) is 6. The van der Waals surface area contributed by atoms with Crippen LogP contribution >= 0.6 is 0 Å². The van der Waals surface area contributed by atoms with Crippen LogP contribution in [-0.2, 0) is 10.2 Å². The van der Waals surface area contributed by atoms with Crippen LogP contribution in [0.15, 0.2) is 30.3 Å². The summed E-state index contributed by atoms with van der Waals surface area (Å²) in [7, 11) is -3.38. The van der Waals surface area contributed by atoms with Crippen LogP contribution in [0.4, 0.5) is 5.82 Å². The molecule has 9 heteroatoms. The van der Waals surface area contributed by atoms with Crippen LogP contribution in [0.2, 0.25) is 0 Å². The predicted molar refractivity (Wildman–Crippen MR) is 112 cm³/mol. The van der Waals surface area contributed by atoms with Gasteiger partial charge in [-0.2, -0.15) is 17.0 Å². The molecule has 0 radical (unpaired) electrons. The first-order valence-corrected chi connectivity index (χ1v) is 11.5. The van der Waals surface area contributed by atoms with E-state index in [4.69, 9.17) is 0 Å². The van der Waals surface area contributed by atoms with Crippen LogP contribution in [0.1, 0.15) is 25.0 Å². The molecule has 8 nitrogen and oxygen atoms in total. The topological polar surface area (TPSA) is 89.9 Å². The average molecular weight is 418 g/mol. The molecule has 1 N–H and O–H groups in total. The van der Waals surface area contributed by atoms with E-state index in [0.717, 1.165) is 37.3 Å². The Morgan fingerprint density at radius 3 is 2.34 bits per heavy atom. The molecule has 2 aromatic rings. The third-order valence-electron chi connectivity index (χ3n) is 5.48. The summed E-state index contributed by atoms with van der Waals surface area (Å²) in [6.07, 6.45) is 2.62. The highest BCUT2D eigenvalue weighted by atomic mass is 32.2. The third-order valence-corrected chi connectivity index (χ3v) is 7.52. The number of aromatic hydroxyl groups is 1. The number of aryl methyl sites for hydroxylation is 1. The van der Waals surface area contributed by atoms with Crippen molar-refractivity contribution >= 4 is 16.0 Å². The summed E-state index contributed by atoms with van der Waals surface area (Å²) in [6.45, 7) is 5.40. The minimum absolute atomic E-state index is 0.141. The van der Waals surface area contributed by atoms with Crippen LogP contribution < -0.4 is 4.90 Å². The first-order chi connectivity index (χ1) is 13.9. The number of rotatable bonds is 4. The van der Waals surface area contributed by atoms with Crippen molar-refractivity contribution in [3.8, 4) is 17.1 Å². The Kier molecular flexibility index (Phi) is 5.71. The molecule has 3 heterocycles. The molecule has 0 aliphatic carbocycles. The van der Waals surface area contributed by atoms with Gasteiger partial charge in [-0.05, 0) is 38.3 Å². The first kappa shape index (κ1) is 20.1. The third kappa shape index (κ3) is 4.22. The fraction of sp³-hybridized carbons (Fsp3) is 0.500. The number of para-hydroxylation sites is 1. The molecule has 0 bridgehead atoms. The highest BCUT2D eigenvalue weighted by Crippen LogP contribution is 2.28. The summed E-state index contributed by atoms with van der Waals surface area (Å²) < 4.78 is 29.0. The summed E-state index contributed by atoms with van der Waals surface area (Å²) in [5, 5.41) is 10.2. The van der Waals surface area contributed by atoms with E-state index < -0.39 is 10.2 Å². The van der Waals surface area contributed by atoms with Gasteiger partial charge < -0.3 is 10.0 Å². The van der Waals surface area contributed by atoms with Crippen molar-refractivity contribution in [1.29, 1.82) is 0 Å². The van der Waals surface area contributed by atoms with E-state index >= 15 is 0 Å². The Morgan fingerprint density at radius 1 is 0.897 bits per heavy atom. The van der Waals surface area contributed by atoms with Crippen LogP contribution in [-0.4, -0.2) is 71.4 Å². The number of anilines is 1. The molecule has 0 saturated carbocycles. The zero-order valence-electron chi connectivity index (χ0n) is 16.7. The molecule has 0 amide bonds. The van der Waals surface area contributed by atoms with Gasteiger partial charge in [0, 0.05) is 51.0 Å². The maximum absolute atomic E-state index is 12.9. The second kappa shape index (κ2) is 8.25. The van der Waals surface area contributed by atoms with Gasteiger partial charge in [0.2, 0.25) is 0 Å². The Hall–Kier alpha value is -2.23. The fourth-order valence-corrected chi connectivity index (χ4v) is 5.65. The molecular weight excluding hydrogens is 390 g/mol. The van der Waals surface area contributed by atoms with Gasteiger partial charge in [-0.15, -0.1) is 0 Å². The van der Waals surface area contributed by atoms with Crippen molar-refractivity contribution in [2.45, 2.75) is 26.2 Å². The summed E-state index contributed by atoms with van der Waals surface area (Å²) >= 11 is 0. The van der Waals surface area contributed by atoms with Gasteiger partial charge in [0.05, 0.1) is 5.56 Å². The molecule has 2 fully saturated rings. The molecule has 4 rings (SSSR count). The van der Waals surface area contributed by atoms with Crippen molar-refractivity contribution in [3.05, 3.63) is 36.0 Å². The van der Waals surface area contributed by atoms with Gasteiger partial charge in [0.1, 0.15) is 11.6 Å². The average Bonchev–Trinajstić information content (AvgIpc) is 3.13. The second-order valence-electron chi connectivity index (χ2n) is 7.56. The molecule has 0 atom stereocenters. The van der Waals surface area contributed by atoms with Crippen molar-refractivity contribution < 1.29 is 13.5 Å². The summed E-state index contributed by atoms with van der Waals surface area (Å²) in [5.74, 6) is 1.38. The van der Waals surface area contributed by atoms with Gasteiger partial charge >= 0.3 is 0 Å². The molecule has 2 aliphatic rings. The zero-order valence-corrected chi connectivity index (χ0v) is 17.5. The fourth-order valence-electron chi connectivity index (χ4n) is 3.93. The molecule has 1 aromatic heterocycles. The summed E-state index contributed by atoms with van der Waals surface area (Å²) in [6, 6.07) is 8.93. The monoisotopic (exact) mass is 417 g/mol. The van der Waals surface area contributed by atoms with E-state index in [1.54, 1.807) is 26.8 Å². The molecule has 1 aromatic carbocycles. The zero-order chi connectivity index (χ0) is 20.4. The van der Waals surface area contributed by atoms with Crippen LogP contribution in [0.5, 0.6) is 5.75 Å². The molecular formula is C20H27N5O3S. The van der Waals surface area contributed by atoms with Gasteiger partial charge in [0.25, 0.3) is 10.2 Å².